The lowest BCUT2D eigenvalue weighted by molar-refractivity contribution is -0.121. The zero-order chi connectivity index (χ0) is 17.8. The van der Waals surface area contributed by atoms with Crippen molar-refractivity contribution in [1.82, 2.24) is 4.90 Å². The van der Waals surface area contributed by atoms with Gasteiger partial charge in [-0.25, -0.2) is 0 Å². The number of piperidine rings is 1. The van der Waals surface area contributed by atoms with Gasteiger partial charge in [0, 0.05) is 23.2 Å². The zero-order valence-corrected chi connectivity index (χ0v) is 15.6. The second-order valence-corrected chi connectivity index (χ2v) is 7.40. The summed E-state index contributed by atoms with van der Waals surface area (Å²) in [5, 5.41) is 3.69. The predicted octanol–water partition coefficient (Wildman–Crippen LogP) is 4.81. The fraction of sp³-hybridized carbons (Fsp3) is 0.381. The summed E-state index contributed by atoms with van der Waals surface area (Å²) in [6.07, 6.45) is 1.80. The number of halogens is 1. The Morgan fingerprint density at radius 2 is 1.80 bits per heavy atom. The molecule has 0 bridgehead atoms. The lowest BCUT2D eigenvalue weighted by Gasteiger charge is -2.31. The third-order valence-corrected chi connectivity index (χ3v) is 5.33. The highest BCUT2D eigenvalue weighted by Crippen LogP contribution is 2.23. The molecule has 1 saturated heterocycles. The molecule has 1 amide bonds. The van der Waals surface area contributed by atoms with Gasteiger partial charge in [-0.1, -0.05) is 47.5 Å². The SMILES string of the molecule is Cc1ccc(CN2CCC(C(=O)Nc3ccc(C)c(Cl)c3)CC2)cc1. The molecular formula is C21H25ClN2O. The van der Waals surface area contributed by atoms with Crippen LogP contribution in [0.1, 0.15) is 29.5 Å². The van der Waals surface area contributed by atoms with Crippen molar-refractivity contribution in [3.8, 4) is 0 Å². The molecule has 0 atom stereocenters. The number of carbonyl (C=O) groups excluding carboxylic acids is 1. The van der Waals surface area contributed by atoms with Gasteiger partial charge in [0.05, 0.1) is 0 Å². The first kappa shape index (κ1) is 18.0. The summed E-state index contributed by atoms with van der Waals surface area (Å²) in [5.74, 6) is 0.184. The van der Waals surface area contributed by atoms with E-state index >= 15 is 0 Å². The number of hydrogen-bond donors (Lipinski definition) is 1. The molecule has 4 heteroatoms. The minimum Gasteiger partial charge on any atom is -0.326 e. The van der Waals surface area contributed by atoms with Crippen LogP contribution in [-0.2, 0) is 11.3 Å². The van der Waals surface area contributed by atoms with Crippen molar-refractivity contribution in [2.75, 3.05) is 18.4 Å². The van der Waals surface area contributed by atoms with E-state index in [1.807, 2.05) is 25.1 Å². The Bertz CT molecular complexity index is 734. The van der Waals surface area contributed by atoms with Crippen molar-refractivity contribution in [3.05, 3.63) is 64.2 Å². The van der Waals surface area contributed by atoms with Crippen LogP contribution in [0.4, 0.5) is 5.69 Å². The fourth-order valence-corrected chi connectivity index (χ4v) is 3.40. The normalized spacial score (nSPS) is 16.0. The summed E-state index contributed by atoms with van der Waals surface area (Å²) in [4.78, 5) is 14.9. The maximum atomic E-state index is 12.5. The molecule has 1 fully saturated rings. The van der Waals surface area contributed by atoms with Crippen LogP contribution in [-0.4, -0.2) is 23.9 Å². The van der Waals surface area contributed by atoms with Crippen LogP contribution in [0.25, 0.3) is 0 Å². The van der Waals surface area contributed by atoms with Crippen molar-refractivity contribution < 1.29 is 4.79 Å². The van der Waals surface area contributed by atoms with E-state index in [9.17, 15) is 4.79 Å². The van der Waals surface area contributed by atoms with E-state index in [1.165, 1.54) is 11.1 Å². The highest BCUT2D eigenvalue weighted by Gasteiger charge is 2.25. The smallest absolute Gasteiger partial charge is 0.227 e. The summed E-state index contributed by atoms with van der Waals surface area (Å²) in [7, 11) is 0. The average Bonchev–Trinajstić information content (AvgIpc) is 2.61. The van der Waals surface area contributed by atoms with Crippen LogP contribution in [0.2, 0.25) is 5.02 Å². The molecule has 0 aromatic heterocycles. The van der Waals surface area contributed by atoms with Crippen LogP contribution in [0.3, 0.4) is 0 Å². The molecule has 1 aliphatic heterocycles. The van der Waals surface area contributed by atoms with Crippen LogP contribution in [0, 0.1) is 19.8 Å². The fourth-order valence-electron chi connectivity index (χ4n) is 3.22. The van der Waals surface area contributed by atoms with E-state index in [4.69, 9.17) is 11.6 Å². The number of nitrogens with zero attached hydrogens (tertiary/aromatic N) is 1. The molecule has 1 N–H and O–H groups in total. The monoisotopic (exact) mass is 356 g/mol. The highest BCUT2D eigenvalue weighted by atomic mass is 35.5. The number of carbonyl (C=O) groups is 1. The van der Waals surface area contributed by atoms with E-state index in [-0.39, 0.29) is 11.8 Å². The first-order chi connectivity index (χ1) is 12.0. The summed E-state index contributed by atoms with van der Waals surface area (Å²) < 4.78 is 0. The Hall–Kier alpha value is -1.84. The number of rotatable bonds is 4. The molecule has 0 radical (unpaired) electrons. The van der Waals surface area contributed by atoms with Crippen LogP contribution >= 0.6 is 11.6 Å². The van der Waals surface area contributed by atoms with Gasteiger partial charge in [-0.05, 0) is 63.0 Å². The molecular weight excluding hydrogens is 332 g/mol. The number of benzene rings is 2. The first-order valence-corrected chi connectivity index (χ1v) is 9.24. The van der Waals surface area contributed by atoms with Gasteiger partial charge in [0.2, 0.25) is 5.91 Å². The molecule has 2 aromatic carbocycles. The maximum Gasteiger partial charge on any atom is 0.227 e. The Labute approximate surface area is 155 Å². The van der Waals surface area contributed by atoms with Crippen LogP contribution in [0.15, 0.2) is 42.5 Å². The maximum absolute atomic E-state index is 12.5. The van der Waals surface area contributed by atoms with Gasteiger partial charge in [-0.3, -0.25) is 9.69 Å². The minimum atomic E-state index is 0.0781. The molecule has 1 heterocycles. The number of aryl methyl sites for hydroxylation is 2. The Morgan fingerprint density at radius 3 is 2.44 bits per heavy atom. The number of hydrogen-bond acceptors (Lipinski definition) is 2. The van der Waals surface area contributed by atoms with E-state index in [2.05, 4.69) is 41.4 Å². The van der Waals surface area contributed by atoms with Gasteiger partial charge in [0.15, 0.2) is 0 Å². The van der Waals surface area contributed by atoms with Crippen molar-refractivity contribution in [2.45, 2.75) is 33.2 Å². The number of likely N-dealkylation sites (tertiary alicyclic amines) is 1. The summed E-state index contributed by atoms with van der Waals surface area (Å²) in [6.45, 7) is 6.94. The predicted molar refractivity (Wildman–Crippen MR) is 104 cm³/mol. The second kappa shape index (κ2) is 8.03. The molecule has 3 rings (SSSR count). The third-order valence-electron chi connectivity index (χ3n) is 4.92. The molecule has 2 aromatic rings. The lowest BCUT2D eigenvalue weighted by Crippen LogP contribution is -2.37. The van der Waals surface area contributed by atoms with Crippen LogP contribution in [0.5, 0.6) is 0 Å². The van der Waals surface area contributed by atoms with Crippen LogP contribution < -0.4 is 5.32 Å². The van der Waals surface area contributed by atoms with Crippen molar-refractivity contribution in [3.63, 3.8) is 0 Å². The van der Waals surface area contributed by atoms with Gasteiger partial charge in [-0.2, -0.15) is 0 Å². The Morgan fingerprint density at radius 1 is 1.12 bits per heavy atom. The summed E-state index contributed by atoms with van der Waals surface area (Å²) in [5.41, 5.74) is 4.42. The average molecular weight is 357 g/mol. The first-order valence-electron chi connectivity index (χ1n) is 8.86. The van der Waals surface area contributed by atoms with E-state index < -0.39 is 0 Å². The molecule has 25 heavy (non-hydrogen) atoms. The Kier molecular flexibility index (Phi) is 5.77. The van der Waals surface area contributed by atoms with Gasteiger partial charge in [-0.15, -0.1) is 0 Å². The molecule has 132 valence electrons. The quantitative estimate of drug-likeness (QED) is 0.852. The van der Waals surface area contributed by atoms with Gasteiger partial charge in [0.1, 0.15) is 0 Å². The third kappa shape index (κ3) is 4.83. The molecule has 0 unspecified atom stereocenters. The standard InChI is InChI=1S/C21H25ClN2O/c1-15-3-6-17(7-4-15)14-24-11-9-18(10-12-24)21(25)23-19-8-5-16(2)20(22)13-19/h3-8,13,18H,9-12,14H2,1-2H3,(H,23,25). The van der Waals surface area contributed by atoms with Gasteiger partial charge >= 0.3 is 0 Å². The lowest BCUT2D eigenvalue weighted by atomic mass is 9.95. The minimum absolute atomic E-state index is 0.0781. The molecule has 0 spiro atoms. The molecule has 1 aliphatic rings. The zero-order valence-electron chi connectivity index (χ0n) is 14.9. The number of amides is 1. The van der Waals surface area contributed by atoms with E-state index in [1.54, 1.807) is 0 Å². The van der Waals surface area contributed by atoms with Crippen molar-refractivity contribution in [1.29, 1.82) is 0 Å². The van der Waals surface area contributed by atoms with E-state index in [0.717, 1.165) is 43.7 Å². The molecule has 3 nitrogen and oxygen atoms in total. The largest absolute Gasteiger partial charge is 0.326 e. The molecule has 0 saturated carbocycles. The van der Waals surface area contributed by atoms with Crippen molar-refractivity contribution in [2.24, 2.45) is 5.92 Å². The summed E-state index contributed by atoms with van der Waals surface area (Å²) in [6, 6.07) is 14.4. The summed E-state index contributed by atoms with van der Waals surface area (Å²) >= 11 is 6.13. The highest BCUT2D eigenvalue weighted by molar-refractivity contribution is 6.31. The van der Waals surface area contributed by atoms with Gasteiger partial charge < -0.3 is 5.32 Å². The van der Waals surface area contributed by atoms with Crippen molar-refractivity contribution >= 4 is 23.2 Å². The second-order valence-electron chi connectivity index (χ2n) is 6.99. The van der Waals surface area contributed by atoms with E-state index in [0.29, 0.717) is 5.02 Å². The topological polar surface area (TPSA) is 32.3 Å². The number of anilines is 1. The Balaban J connectivity index is 1.50. The number of nitrogens with one attached hydrogen (secondary N) is 1. The molecule has 0 aliphatic carbocycles. The van der Waals surface area contributed by atoms with Gasteiger partial charge in [0.25, 0.3) is 0 Å².